The van der Waals surface area contributed by atoms with E-state index in [0.29, 0.717) is 11.5 Å². The van der Waals surface area contributed by atoms with Gasteiger partial charge in [-0.15, -0.1) is 0 Å². The average Bonchev–Trinajstić information content (AvgIpc) is 2.68. The third-order valence-electron chi connectivity index (χ3n) is 2.69. The van der Waals surface area contributed by atoms with E-state index in [2.05, 4.69) is 10.5 Å². The lowest BCUT2D eigenvalue weighted by atomic mass is 10.0. The highest BCUT2D eigenvalue weighted by Crippen LogP contribution is 2.22. The Kier molecular flexibility index (Phi) is 4.31. The predicted octanol–water partition coefficient (Wildman–Crippen LogP) is 0.672. The standard InChI is InChI=1S/C12H18N2O5/c1-6(2)9-8(7(3)14-19-9)10(15)13-5-12(4,18)11(16)17/h6,18H,5H2,1-4H3,(H,13,15)(H,16,17). The third-order valence-corrected chi connectivity index (χ3v) is 2.69. The van der Waals surface area contributed by atoms with Crippen molar-refractivity contribution in [1.29, 1.82) is 0 Å². The Morgan fingerprint density at radius 3 is 2.53 bits per heavy atom. The second-order valence-corrected chi connectivity index (χ2v) is 4.92. The van der Waals surface area contributed by atoms with Crippen molar-refractivity contribution in [2.45, 2.75) is 39.2 Å². The SMILES string of the molecule is Cc1noc(C(C)C)c1C(=O)NCC(C)(O)C(=O)O. The summed E-state index contributed by atoms with van der Waals surface area (Å²) in [5.41, 5.74) is -1.30. The van der Waals surface area contributed by atoms with Gasteiger partial charge in [-0.2, -0.15) is 0 Å². The van der Waals surface area contributed by atoms with Gasteiger partial charge in [0.2, 0.25) is 0 Å². The number of nitrogens with one attached hydrogen (secondary N) is 1. The molecule has 1 heterocycles. The molecule has 1 aromatic heterocycles. The van der Waals surface area contributed by atoms with E-state index in [1.807, 2.05) is 13.8 Å². The maximum absolute atomic E-state index is 12.0. The smallest absolute Gasteiger partial charge is 0.337 e. The third kappa shape index (κ3) is 3.31. The number of aliphatic hydroxyl groups is 1. The zero-order valence-corrected chi connectivity index (χ0v) is 11.4. The summed E-state index contributed by atoms with van der Waals surface area (Å²) in [7, 11) is 0. The van der Waals surface area contributed by atoms with Gasteiger partial charge in [-0.1, -0.05) is 19.0 Å². The number of aryl methyl sites for hydroxylation is 1. The minimum Gasteiger partial charge on any atom is -0.479 e. The molecule has 0 saturated heterocycles. The van der Waals surface area contributed by atoms with Crippen LogP contribution >= 0.6 is 0 Å². The van der Waals surface area contributed by atoms with Gasteiger partial charge in [0.05, 0.1) is 12.2 Å². The number of nitrogens with zero attached hydrogens (tertiary/aromatic N) is 1. The highest BCUT2D eigenvalue weighted by molar-refractivity contribution is 5.96. The number of aliphatic carboxylic acids is 1. The van der Waals surface area contributed by atoms with Crippen molar-refractivity contribution in [3.8, 4) is 0 Å². The van der Waals surface area contributed by atoms with Gasteiger partial charge in [-0.05, 0) is 13.8 Å². The molecule has 1 unspecified atom stereocenters. The monoisotopic (exact) mass is 270 g/mol. The summed E-state index contributed by atoms with van der Waals surface area (Å²) in [4.78, 5) is 22.7. The van der Waals surface area contributed by atoms with Crippen LogP contribution in [-0.4, -0.2) is 39.4 Å². The molecule has 0 aliphatic carbocycles. The molecule has 1 amide bonds. The van der Waals surface area contributed by atoms with Crippen LogP contribution in [-0.2, 0) is 4.79 Å². The Balaban J connectivity index is 2.85. The summed E-state index contributed by atoms with van der Waals surface area (Å²) in [6, 6.07) is 0. The van der Waals surface area contributed by atoms with E-state index >= 15 is 0 Å². The van der Waals surface area contributed by atoms with E-state index in [1.54, 1.807) is 6.92 Å². The second-order valence-electron chi connectivity index (χ2n) is 4.92. The number of carbonyl (C=O) groups excluding carboxylic acids is 1. The van der Waals surface area contributed by atoms with Gasteiger partial charge in [-0.25, -0.2) is 4.79 Å². The zero-order chi connectivity index (χ0) is 14.8. The van der Waals surface area contributed by atoms with E-state index in [-0.39, 0.29) is 11.5 Å². The van der Waals surface area contributed by atoms with Gasteiger partial charge in [0, 0.05) is 5.92 Å². The van der Waals surface area contributed by atoms with Crippen LogP contribution in [0.1, 0.15) is 48.5 Å². The van der Waals surface area contributed by atoms with Crippen molar-refractivity contribution in [1.82, 2.24) is 10.5 Å². The molecule has 0 aliphatic rings. The first-order chi connectivity index (χ1) is 8.66. The molecule has 7 heteroatoms. The fourth-order valence-electron chi connectivity index (χ4n) is 1.47. The van der Waals surface area contributed by atoms with Gasteiger partial charge in [0.15, 0.2) is 11.4 Å². The molecule has 0 aromatic carbocycles. The van der Waals surface area contributed by atoms with Crippen LogP contribution in [0.3, 0.4) is 0 Å². The minimum atomic E-state index is -2.02. The predicted molar refractivity (Wildman–Crippen MR) is 65.9 cm³/mol. The van der Waals surface area contributed by atoms with Crippen molar-refractivity contribution in [2.75, 3.05) is 6.54 Å². The first-order valence-electron chi connectivity index (χ1n) is 5.87. The van der Waals surface area contributed by atoms with E-state index in [4.69, 9.17) is 9.63 Å². The molecule has 0 fully saturated rings. The molecule has 0 bridgehead atoms. The van der Waals surface area contributed by atoms with Crippen LogP contribution in [0, 0.1) is 6.92 Å². The quantitative estimate of drug-likeness (QED) is 0.725. The Bertz CT molecular complexity index is 490. The lowest BCUT2D eigenvalue weighted by Gasteiger charge is -2.18. The fraction of sp³-hybridized carbons (Fsp3) is 0.583. The normalized spacial score (nSPS) is 14.2. The number of carbonyl (C=O) groups is 2. The van der Waals surface area contributed by atoms with E-state index in [1.165, 1.54) is 0 Å². The summed E-state index contributed by atoms with van der Waals surface area (Å²) in [5, 5.41) is 24.4. The number of rotatable bonds is 5. The topological polar surface area (TPSA) is 113 Å². The fourth-order valence-corrected chi connectivity index (χ4v) is 1.47. The number of aromatic nitrogens is 1. The van der Waals surface area contributed by atoms with Crippen LogP contribution < -0.4 is 5.32 Å². The molecular weight excluding hydrogens is 252 g/mol. The van der Waals surface area contributed by atoms with Gasteiger partial charge in [-0.3, -0.25) is 4.79 Å². The van der Waals surface area contributed by atoms with Gasteiger partial charge in [0.25, 0.3) is 5.91 Å². The van der Waals surface area contributed by atoms with Crippen molar-refractivity contribution >= 4 is 11.9 Å². The molecule has 1 atom stereocenters. The van der Waals surface area contributed by atoms with Crippen molar-refractivity contribution in [3.05, 3.63) is 17.0 Å². The number of amides is 1. The summed E-state index contributed by atoms with van der Waals surface area (Å²) in [6.07, 6.45) is 0. The molecular formula is C12H18N2O5. The molecule has 1 rings (SSSR count). The first kappa shape index (κ1) is 15.2. The Morgan fingerprint density at radius 1 is 1.47 bits per heavy atom. The van der Waals surface area contributed by atoms with Gasteiger partial charge in [0.1, 0.15) is 5.56 Å². The lowest BCUT2D eigenvalue weighted by molar-refractivity contribution is -0.155. The van der Waals surface area contributed by atoms with Crippen LogP contribution in [0.15, 0.2) is 4.52 Å². The molecule has 3 N–H and O–H groups in total. The van der Waals surface area contributed by atoms with Crippen LogP contribution in [0.5, 0.6) is 0 Å². The first-order valence-corrected chi connectivity index (χ1v) is 5.87. The Morgan fingerprint density at radius 2 is 2.05 bits per heavy atom. The van der Waals surface area contributed by atoms with E-state index in [0.717, 1.165) is 6.92 Å². The summed E-state index contributed by atoms with van der Waals surface area (Å²) in [5.74, 6) is -1.50. The molecule has 1 aromatic rings. The number of hydrogen-bond donors (Lipinski definition) is 3. The maximum Gasteiger partial charge on any atom is 0.337 e. The number of carboxylic acids is 1. The molecule has 0 spiro atoms. The molecule has 0 radical (unpaired) electrons. The number of hydrogen-bond acceptors (Lipinski definition) is 5. The van der Waals surface area contributed by atoms with E-state index in [9.17, 15) is 14.7 Å². The highest BCUT2D eigenvalue weighted by atomic mass is 16.5. The molecule has 19 heavy (non-hydrogen) atoms. The Hall–Kier alpha value is -1.89. The van der Waals surface area contributed by atoms with Crippen molar-refractivity contribution in [2.24, 2.45) is 0 Å². The average molecular weight is 270 g/mol. The van der Waals surface area contributed by atoms with Gasteiger partial charge < -0.3 is 20.1 Å². The highest BCUT2D eigenvalue weighted by Gasteiger charge is 2.31. The summed E-state index contributed by atoms with van der Waals surface area (Å²) < 4.78 is 5.07. The van der Waals surface area contributed by atoms with Crippen LogP contribution in [0.2, 0.25) is 0 Å². The molecule has 0 aliphatic heterocycles. The lowest BCUT2D eigenvalue weighted by Crippen LogP contribution is -2.46. The summed E-state index contributed by atoms with van der Waals surface area (Å²) in [6.45, 7) is 6.04. The largest absolute Gasteiger partial charge is 0.479 e. The molecule has 7 nitrogen and oxygen atoms in total. The van der Waals surface area contributed by atoms with E-state index < -0.39 is 24.0 Å². The number of carboxylic acid groups (broad SMARTS) is 1. The van der Waals surface area contributed by atoms with Crippen LogP contribution in [0.4, 0.5) is 0 Å². The van der Waals surface area contributed by atoms with Crippen molar-refractivity contribution in [3.63, 3.8) is 0 Å². The minimum absolute atomic E-state index is 0.0260. The zero-order valence-electron chi connectivity index (χ0n) is 11.4. The Labute approximate surface area is 110 Å². The molecule has 106 valence electrons. The maximum atomic E-state index is 12.0. The summed E-state index contributed by atoms with van der Waals surface area (Å²) >= 11 is 0. The van der Waals surface area contributed by atoms with Crippen LogP contribution in [0.25, 0.3) is 0 Å². The van der Waals surface area contributed by atoms with Crippen molar-refractivity contribution < 1.29 is 24.3 Å². The molecule has 0 saturated carbocycles. The second kappa shape index (κ2) is 5.40. The van der Waals surface area contributed by atoms with Gasteiger partial charge >= 0.3 is 5.97 Å².